The molecule has 0 aromatic carbocycles. The first-order valence-electron chi connectivity index (χ1n) is 4.83. The van der Waals surface area contributed by atoms with Gasteiger partial charge in [0.05, 0.1) is 0 Å². The van der Waals surface area contributed by atoms with Crippen molar-refractivity contribution in [3.63, 3.8) is 0 Å². The van der Waals surface area contributed by atoms with E-state index in [1.54, 1.807) is 0 Å². The van der Waals surface area contributed by atoms with Crippen LogP contribution in [-0.2, 0) is 10.0 Å². The van der Waals surface area contributed by atoms with Crippen LogP contribution in [0.1, 0.15) is 12.8 Å². The van der Waals surface area contributed by atoms with E-state index in [0.29, 0.717) is 0 Å². The fourth-order valence-corrected chi connectivity index (χ4v) is 2.42. The molecule has 0 spiro atoms. The average molecular weight is 242 g/mol. The van der Waals surface area contributed by atoms with Gasteiger partial charge in [0.1, 0.15) is 0 Å². The normalized spacial score (nSPS) is 16.1. The van der Waals surface area contributed by atoms with Crippen molar-refractivity contribution in [2.75, 3.05) is 0 Å². The minimum atomic E-state index is -3.56. The second-order valence-corrected chi connectivity index (χ2v) is 5.36. The third-order valence-electron chi connectivity index (χ3n) is 2.23. The molecule has 3 N–H and O–H groups in total. The Kier molecular flexibility index (Phi) is 2.98. The summed E-state index contributed by atoms with van der Waals surface area (Å²) in [4.78, 5) is 3.68. The number of sulfonamides is 1. The average Bonchev–Trinajstić information content (AvgIpc) is 3.01. The molecule has 0 unspecified atom stereocenters. The molecule has 2 rings (SSSR count). The maximum absolute atomic E-state index is 11.7. The molecule has 0 saturated heterocycles. The molecule has 0 aliphatic heterocycles. The first-order valence-corrected chi connectivity index (χ1v) is 6.32. The van der Waals surface area contributed by atoms with E-state index >= 15 is 0 Å². The molecule has 1 aliphatic carbocycles. The van der Waals surface area contributed by atoms with Gasteiger partial charge < -0.3 is 10.0 Å². The van der Waals surface area contributed by atoms with E-state index in [1.165, 1.54) is 12.1 Å². The molecular weight excluding hydrogens is 231 g/mol. The van der Waals surface area contributed by atoms with Crippen LogP contribution in [0.2, 0.25) is 0 Å². The summed E-state index contributed by atoms with van der Waals surface area (Å²) in [6.07, 6.45) is 2.84. The van der Waals surface area contributed by atoms with Gasteiger partial charge in [-0.1, -0.05) is 6.07 Å². The lowest BCUT2D eigenvalue weighted by Crippen LogP contribution is -2.31. The second-order valence-electron chi connectivity index (χ2n) is 3.70. The van der Waals surface area contributed by atoms with Gasteiger partial charge in [-0.15, -0.1) is 0 Å². The first kappa shape index (κ1) is 11.5. The Bertz CT molecular complexity index is 469. The van der Waals surface area contributed by atoms with Crippen LogP contribution in [0.5, 0.6) is 0 Å². The van der Waals surface area contributed by atoms with Crippen LogP contribution in [0.4, 0.5) is 0 Å². The third-order valence-corrected chi connectivity index (χ3v) is 3.67. The summed E-state index contributed by atoms with van der Waals surface area (Å²) in [5, 5.41) is 17.5. The number of nitrogens with one attached hydrogen (secondary N) is 1. The lowest BCUT2D eigenvalue weighted by atomic mass is 9.82. The van der Waals surface area contributed by atoms with Gasteiger partial charge in [-0.2, -0.15) is 0 Å². The minimum absolute atomic E-state index is 0.0231. The number of hydrogen-bond donors (Lipinski definition) is 3. The Morgan fingerprint density at radius 2 is 2.06 bits per heavy atom. The van der Waals surface area contributed by atoms with Crippen molar-refractivity contribution < 1.29 is 18.5 Å². The van der Waals surface area contributed by atoms with Gasteiger partial charge in [-0.05, 0) is 18.9 Å². The van der Waals surface area contributed by atoms with Crippen LogP contribution < -0.4 is 10.2 Å². The molecule has 0 atom stereocenters. The van der Waals surface area contributed by atoms with Crippen molar-refractivity contribution >= 4 is 22.6 Å². The summed E-state index contributed by atoms with van der Waals surface area (Å²) >= 11 is 0. The van der Waals surface area contributed by atoms with Crippen molar-refractivity contribution in [2.45, 2.75) is 23.9 Å². The monoisotopic (exact) mass is 242 g/mol. The highest BCUT2D eigenvalue weighted by molar-refractivity contribution is 7.89. The summed E-state index contributed by atoms with van der Waals surface area (Å²) in [5.41, 5.74) is 0.158. The molecule has 0 bridgehead atoms. The van der Waals surface area contributed by atoms with E-state index in [0.717, 1.165) is 19.0 Å². The van der Waals surface area contributed by atoms with E-state index in [2.05, 4.69) is 9.71 Å². The number of hydrogen-bond acceptors (Lipinski definition) is 5. The Morgan fingerprint density at radius 1 is 1.38 bits per heavy atom. The van der Waals surface area contributed by atoms with Crippen LogP contribution in [-0.4, -0.2) is 36.6 Å². The largest absolute Gasteiger partial charge is 0.490 e. The van der Waals surface area contributed by atoms with Gasteiger partial charge in [0.15, 0.2) is 5.03 Å². The lowest BCUT2D eigenvalue weighted by molar-refractivity contribution is 0.425. The zero-order valence-corrected chi connectivity index (χ0v) is 9.18. The van der Waals surface area contributed by atoms with E-state index < -0.39 is 17.1 Å². The summed E-state index contributed by atoms with van der Waals surface area (Å²) in [7, 11) is -5.20. The molecule has 1 aliphatic rings. The summed E-state index contributed by atoms with van der Waals surface area (Å²) in [6, 6.07) is 2.59. The van der Waals surface area contributed by atoms with Crippen molar-refractivity contribution in [2.24, 2.45) is 0 Å². The van der Waals surface area contributed by atoms with Gasteiger partial charge in [0, 0.05) is 17.7 Å². The molecule has 8 heteroatoms. The van der Waals surface area contributed by atoms with Gasteiger partial charge in [0.25, 0.3) is 10.0 Å². The maximum Gasteiger partial charge on any atom is 0.490 e. The highest BCUT2D eigenvalue weighted by atomic mass is 32.2. The summed E-state index contributed by atoms with van der Waals surface area (Å²) in [5.74, 6) is 0. The van der Waals surface area contributed by atoms with E-state index in [9.17, 15) is 8.42 Å². The topological polar surface area (TPSA) is 99.5 Å². The Morgan fingerprint density at radius 3 is 2.50 bits per heavy atom. The number of pyridine rings is 1. The quantitative estimate of drug-likeness (QED) is 0.541. The molecule has 0 amide bonds. The number of rotatable bonds is 4. The first-order chi connectivity index (χ1) is 7.49. The predicted molar refractivity (Wildman–Crippen MR) is 57.4 cm³/mol. The predicted octanol–water partition coefficient (Wildman–Crippen LogP) is -1.80. The highest BCUT2D eigenvalue weighted by Crippen LogP contribution is 2.21. The molecule has 1 saturated carbocycles. The highest BCUT2D eigenvalue weighted by Gasteiger charge is 2.28. The van der Waals surface area contributed by atoms with Crippen molar-refractivity contribution in [3.05, 3.63) is 18.3 Å². The van der Waals surface area contributed by atoms with Crippen LogP contribution in [0.3, 0.4) is 0 Å². The Balaban J connectivity index is 2.19. The summed E-state index contributed by atoms with van der Waals surface area (Å²) < 4.78 is 25.8. The molecule has 16 heavy (non-hydrogen) atoms. The Labute approximate surface area is 93.5 Å². The Hall–Kier alpha value is -0.955. The fraction of sp³-hybridized carbons (Fsp3) is 0.375. The number of nitrogens with zero attached hydrogens (tertiary/aromatic N) is 1. The van der Waals surface area contributed by atoms with Crippen LogP contribution in [0.25, 0.3) is 0 Å². The fourth-order valence-electron chi connectivity index (χ4n) is 1.18. The van der Waals surface area contributed by atoms with Crippen LogP contribution >= 0.6 is 0 Å². The van der Waals surface area contributed by atoms with Crippen LogP contribution in [0.15, 0.2) is 23.4 Å². The number of aromatic nitrogens is 1. The van der Waals surface area contributed by atoms with Crippen molar-refractivity contribution in [3.8, 4) is 0 Å². The molecule has 1 fully saturated rings. The lowest BCUT2D eigenvalue weighted by Gasteiger charge is -2.05. The molecule has 1 heterocycles. The third kappa shape index (κ3) is 2.59. The van der Waals surface area contributed by atoms with Gasteiger partial charge >= 0.3 is 7.12 Å². The van der Waals surface area contributed by atoms with Crippen molar-refractivity contribution in [1.29, 1.82) is 0 Å². The molecule has 1 aromatic heterocycles. The minimum Gasteiger partial charge on any atom is -0.423 e. The van der Waals surface area contributed by atoms with Gasteiger partial charge in [0.2, 0.25) is 0 Å². The summed E-state index contributed by atoms with van der Waals surface area (Å²) in [6.45, 7) is 0. The zero-order valence-electron chi connectivity index (χ0n) is 8.37. The second kappa shape index (κ2) is 4.13. The molecule has 6 nitrogen and oxygen atoms in total. The molecule has 86 valence electrons. The smallest absolute Gasteiger partial charge is 0.423 e. The van der Waals surface area contributed by atoms with Gasteiger partial charge in [-0.3, -0.25) is 0 Å². The van der Waals surface area contributed by atoms with Crippen LogP contribution in [0, 0.1) is 0 Å². The molecule has 1 aromatic rings. The van der Waals surface area contributed by atoms with E-state index in [-0.39, 0.29) is 16.5 Å². The molecular formula is C8H11BN2O4S. The van der Waals surface area contributed by atoms with E-state index in [1.807, 2.05) is 0 Å². The SMILES string of the molecule is O=S(=O)(NC1CC1)c1ccc(B(O)O)cn1. The van der Waals surface area contributed by atoms with Gasteiger partial charge in [-0.25, -0.2) is 18.1 Å². The maximum atomic E-state index is 11.7. The van der Waals surface area contributed by atoms with E-state index in [4.69, 9.17) is 10.0 Å². The zero-order chi connectivity index (χ0) is 11.8. The standard InChI is InChI=1S/C8H11BN2O4S/c12-9(13)6-1-4-8(10-5-6)16(14,15)11-7-2-3-7/h1,4-5,7,11-13H,2-3H2. The van der Waals surface area contributed by atoms with Crippen molar-refractivity contribution in [1.82, 2.24) is 9.71 Å². The molecule has 0 radical (unpaired) electrons.